The van der Waals surface area contributed by atoms with Gasteiger partial charge in [0.2, 0.25) is 0 Å². The lowest BCUT2D eigenvalue weighted by molar-refractivity contribution is 0.155. The third-order valence-corrected chi connectivity index (χ3v) is 5.43. The first-order valence-electron chi connectivity index (χ1n) is 10.5. The second-order valence-electron chi connectivity index (χ2n) is 7.94. The molecule has 0 unspecified atom stereocenters. The standard InChI is InChI=1S/C24H33N3O/c1-7-9-21-19(10-11-20(25-21)16(3)4)22-12-13-23-24(26-22)17(5)14-27(23)18(8-2)15-28-6/h10-14,16,18H,7-9,15H2,1-6H3/t18-/m1/s1. The van der Waals surface area contributed by atoms with Crippen molar-refractivity contribution in [3.63, 3.8) is 0 Å². The fraction of sp³-hybridized carbons (Fsp3) is 0.500. The number of aromatic nitrogens is 3. The molecule has 0 aromatic carbocycles. The van der Waals surface area contributed by atoms with E-state index in [2.05, 4.69) is 69.6 Å². The second-order valence-corrected chi connectivity index (χ2v) is 7.94. The molecule has 3 rings (SSSR count). The Morgan fingerprint density at radius 3 is 2.50 bits per heavy atom. The van der Waals surface area contributed by atoms with Gasteiger partial charge in [0, 0.05) is 24.6 Å². The van der Waals surface area contributed by atoms with E-state index in [1.54, 1.807) is 7.11 Å². The average Bonchev–Trinajstić information content (AvgIpc) is 3.02. The van der Waals surface area contributed by atoms with Crippen LogP contribution in [0.4, 0.5) is 0 Å². The van der Waals surface area contributed by atoms with E-state index in [1.165, 1.54) is 11.1 Å². The molecule has 3 heterocycles. The summed E-state index contributed by atoms with van der Waals surface area (Å²) in [5, 5.41) is 0. The number of rotatable bonds is 8. The predicted molar refractivity (Wildman–Crippen MR) is 117 cm³/mol. The first-order chi connectivity index (χ1) is 13.5. The summed E-state index contributed by atoms with van der Waals surface area (Å²) in [7, 11) is 1.76. The second kappa shape index (κ2) is 8.87. The van der Waals surface area contributed by atoms with Crippen LogP contribution in [0.5, 0.6) is 0 Å². The Morgan fingerprint density at radius 1 is 1.07 bits per heavy atom. The van der Waals surface area contributed by atoms with Crippen LogP contribution in [0.1, 0.15) is 69.4 Å². The number of ether oxygens (including phenoxy) is 1. The summed E-state index contributed by atoms with van der Waals surface area (Å²) in [5.41, 5.74) is 7.93. The van der Waals surface area contributed by atoms with Gasteiger partial charge >= 0.3 is 0 Å². The molecule has 0 bridgehead atoms. The van der Waals surface area contributed by atoms with Crippen molar-refractivity contribution in [2.45, 2.75) is 65.8 Å². The maximum absolute atomic E-state index is 5.42. The summed E-state index contributed by atoms with van der Waals surface area (Å²) in [6.07, 6.45) is 5.29. The highest BCUT2D eigenvalue weighted by Gasteiger charge is 2.17. The number of aryl methyl sites for hydroxylation is 2. The summed E-state index contributed by atoms with van der Waals surface area (Å²) in [6, 6.07) is 9.02. The fourth-order valence-corrected chi connectivity index (χ4v) is 3.83. The monoisotopic (exact) mass is 379 g/mol. The average molecular weight is 380 g/mol. The van der Waals surface area contributed by atoms with E-state index < -0.39 is 0 Å². The highest BCUT2D eigenvalue weighted by Crippen LogP contribution is 2.30. The Hall–Kier alpha value is -2.20. The Labute approximate surface area is 169 Å². The Morgan fingerprint density at radius 2 is 1.86 bits per heavy atom. The number of hydrogen-bond acceptors (Lipinski definition) is 3. The Balaban J connectivity index is 2.09. The lowest BCUT2D eigenvalue weighted by Gasteiger charge is -2.17. The van der Waals surface area contributed by atoms with Gasteiger partial charge < -0.3 is 9.30 Å². The summed E-state index contributed by atoms with van der Waals surface area (Å²) in [5.74, 6) is 0.433. The minimum absolute atomic E-state index is 0.330. The zero-order valence-electron chi connectivity index (χ0n) is 18.1. The van der Waals surface area contributed by atoms with E-state index in [-0.39, 0.29) is 0 Å². The molecule has 4 nitrogen and oxygen atoms in total. The largest absolute Gasteiger partial charge is 0.383 e. The van der Waals surface area contributed by atoms with Gasteiger partial charge in [-0.1, -0.05) is 34.1 Å². The molecule has 150 valence electrons. The highest BCUT2D eigenvalue weighted by molar-refractivity contribution is 5.83. The van der Waals surface area contributed by atoms with Crippen molar-refractivity contribution >= 4 is 11.0 Å². The van der Waals surface area contributed by atoms with Crippen molar-refractivity contribution in [2.75, 3.05) is 13.7 Å². The molecule has 4 heteroatoms. The van der Waals surface area contributed by atoms with E-state index in [0.29, 0.717) is 18.6 Å². The molecule has 0 saturated carbocycles. The fourth-order valence-electron chi connectivity index (χ4n) is 3.83. The van der Waals surface area contributed by atoms with Gasteiger partial charge in [0.25, 0.3) is 0 Å². The molecular formula is C24H33N3O. The summed E-state index contributed by atoms with van der Waals surface area (Å²) in [4.78, 5) is 10.0. The minimum Gasteiger partial charge on any atom is -0.383 e. The Bertz CT molecular complexity index is 942. The van der Waals surface area contributed by atoms with Gasteiger partial charge in [0.15, 0.2) is 0 Å². The molecule has 0 saturated heterocycles. The summed E-state index contributed by atoms with van der Waals surface area (Å²) < 4.78 is 7.74. The smallest absolute Gasteiger partial charge is 0.0917 e. The SMILES string of the molecule is CCCc1nc(C(C)C)ccc1-c1ccc2c(n1)c(C)cn2[C@H](CC)COC. The quantitative estimate of drug-likeness (QED) is 0.476. The third kappa shape index (κ3) is 3.97. The van der Waals surface area contributed by atoms with Gasteiger partial charge in [-0.3, -0.25) is 4.98 Å². The topological polar surface area (TPSA) is 39.9 Å². The van der Waals surface area contributed by atoms with E-state index in [1.807, 2.05) is 0 Å². The van der Waals surface area contributed by atoms with Crippen molar-refractivity contribution in [3.05, 3.63) is 47.4 Å². The van der Waals surface area contributed by atoms with E-state index in [4.69, 9.17) is 14.7 Å². The van der Waals surface area contributed by atoms with Crippen LogP contribution in [0, 0.1) is 6.92 Å². The molecule has 0 aliphatic carbocycles. The lowest BCUT2D eigenvalue weighted by atomic mass is 10.0. The number of methoxy groups -OCH3 is 1. The van der Waals surface area contributed by atoms with Crippen molar-refractivity contribution < 1.29 is 4.74 Å². The molecule has 0 amide bonds. The number of pyridine rings is 2. The lowest BCUT2D eigenvalue weighted by Crippen LogP contribution is -2.12. The van der Waals surface area contributed by atoms with Crippen LogP contribution in [-0.2, 0) is 11.2 Å². The van der Waals surface area contributed by atoms with Crippen LogP contribution in [0.2, 0.25) is 0 Å². The van der Waals surface area contributed by atoms with Gasteiger partial charge in [-0.15, -0.1) is 0 Å². The molecule has 1 atom stereocenters. The maximum atomic E-state index is 5.42. The van der Waals surface area contributed by atoms with Crippen LogP contribution in [0.25, 0.3) is 22.3 Å². The number of nitrogens with zero attached hydrogens (tertiary/aromatic N) is 3. The van der Waals surface area contributed by atoms with E-state index in [0.717, 1.165) is 47.4 Å². The van der Waals surface area contributed by atoms with Crippen LogP contribution < -0.4 is 0 Å². The summed E-state index contributed by atoms with van der Waals surface area (Å²) in [6.45, 7) is 11.6. The van der Waals surface area contributed by atoms with Crippen LogP contribution in [0.15, 0.2) is 30.5 Å². The molecule has 0 fully saturated rings. The molecule has 0 aliphatic heterocycles. The molecule has 3 aromatic rings. The zero-order chi connectivity index (χ0) is 20.3. The van der Waals surface area contributed by atoms with Crippen LogP contribution in [0.3, 0.4) is 0 Å². The third-order valence-electron chi connectivity index (χ3n) is 5.43. The first kappa shape index (κ1) is 20.5. The van der Waals surface area contributed by atoms with Gasteiger partial charge in [0.05, 0.1) is 35.1 Å². The first-order valence-corrected chi connectivity index (χ1v) is 10.5. The highest BCUT2D eigenvalue weighted by atomic mass is 16.5. The van der Waals surface area contributed by atoms with Gasteiger partial charge in [-0.05, 0) is 55.5 Å². The van der Waals surface area contributed by atoms with Gasteiger partial charge in [0.1, 0.15) is 0 Å². The minimum atomic E-state index is 0.330. The van der Waals surface area contributed by atoms with Crippen molar-refractivity contribution in [2.24, 2.45) is 0 Å². The molecule has 0 radical (unpaired) electrons. The van der Waals surface area contributed by atoms with Crippen molar-refractivity contribution in [3.8, 4) is 11.3 Å². The molecular weight excluding hydrogens is 346 g/mol. The van der Waals surface area contributed by atoms with Crippen molar-refractivity contribution in [1.82, 2.24) is 14.5 Å². The summed E-state index contributed by atoms with van der Waals surface area (Å²) >= 11 is 0. The van der Waals surface area contributed by atoms with Gasteiger partial charge in [-0.2, -0.15) is 0 Å². The predicted octanol–water partition coefficient (Wildman–Crippen LogP) is 6.08. The molecule has 0 aliphatic rings. The number of fused-ring (bicyclic) bond motifs is 1. The molecule has 0 spiro atoms. The van der Waals surface area contributed by atoms with E-state index >= 15 is 0 Å². The molecule has 0 N–H and O–H groups in total. The molecule has 28 heavy (non-hydrogen) atoms. The normalized spacial score (nSPS) is 12.8. The maximum Gasteiger partial charge on any atom is 0.0917 e. The van der Waals surface area contributed by atoms with Crippen LogP contribution >= 0.6 is 0 Å². The number of hydrogen-bond donors (Lipinski definition) is 0. The van der Waals surface area contributed by atoms with E-state index in [9.17, 15) is 0 Å². The van der Waals surface area contributed by atoms with Crippen LogP contribution in [-0.4, -0.2) is 28.3 Å². The van der Waals surface area contributed by atoms with Crippen molar-refractivity contribution in [1.29, 1.82) is 0 Å². The molecule has 3 aromatic heterocycles. The van der Waals surface area contributed by atoms with Gasteiger partial charge in [-0.25, -0.2) is 4.98 Å². The zero-order valence-corrected chi connectivity index (χ0v) is 18.1. The Kier molecular flexibility index (Phi) is 6.50.